The van der Waals surface area contributed by atoms with E-state index in [9.17, 15) is 8.42 Å². The number of imidazole rings is 1. The largest absolute Gasteiger partial charge is 0.385 e. The van der Waals surface area contributed by atoms with Gasteiger partial charge < -0.3 is 9.30 Å². The molecule has 0 amide bonds. The highest BCUT2D eigenvalue weighted by Gasteiger charge is 2.13. The molecule has 1 aromatic heterocycles. The van der Waals surface area contributed by atoms with Gasteiger partial charge in [0.2, 0.25) is 0 Å². The zero-order valence-corrected chi connectivity index (χ0v) is 9.57. The summed E-state index contributed by atoms with van der Waals surface area (Å²) in [5.41, 5.74) is 0. The SMILES string of the molecule is COCCC(C)n1cnc(S(N)(=O)=O)c1. The van der Waals surface area contributed by atoms with Gasteiger partial charge in [-0.15, -0.1) is 0 Å². The van der Waals surface area contributed by atoms with E-state index in [2.05, 4.69) is 4.98 Å². The molecule has 1 unspecified atom stereocenters. The first-order valence-electron chi connectivity index (χ1n) is 4.50. The van der Waals surface area contributed by atoms with E-state index in [-0.39, 0.29) is 11.1 Å². The molecule has 1 rings (SSSR count). The number of nitrogens with zero attached hydrogens (tertiary/aromatic N) is 2. The molecule has 0 bridgehead atoms. The maximum atomic E-state index is 11.0. The summed E-state index contributed by atoms with van der Waals surface area (Å²) in [6.07, 6.45) is 3.67. The topological polar surface area (TPSA) is 87.2 Å². The quantitative estimate of drug-likeness (QED) is 0.783. The third-order valence-corrected chi connectivity index (χ3v) is 2.91. The predicted molar refractivity (Wildman–Crippen MR) is 54.8 cm³/mol. The fraction of sp³-hybridized carbons (Fsp3) is 0.625. The molecule has 0 saturated heterocycles. The van der Waals surface area contributed by atoms with Crippen molar-refractivity contribution < 1.29 is 13.2 Å². The molecule has 0 aliphatic rings. The van der Waals surface area contributed by atoms with Crippen LogP contribution in [-0.4, -0.2) is 31.7 Å². The van der Waals surface area contributed by atoms with Gasteiger partial charge in [-0.2, -0.15) is 0 Å². The second-order valence-electron chi connectivity index (χ2n) is 3.33. The Bertz CT molecular complexity index is 413. The minimum Gasteiger partial charge on any atom is -0.385 e. The van der Waals surface area contributed by atoms with Crippen molar-refractivity contribution >= 4 is 10.0 Å². The van der Waals surface area contributed by atoms with Gasteiger partial charge in [0.1, 0.15) is 0 Å². The Kier molecular flexibility index (Phi) is 3.83. The van der Waals surface area contributed by atoms with Crippen molar-refractivity contribution in [2.24, 2.45) is 5.14 Å². The highest BCUT2D eigenvalue weighted by molar-refractivity contribution is 7.89. The standard InChI is InChI=1S/C8H15N3O3S/c1-7(3-4-14-2)11-5-8(10-6-11)15(9,12)13/h5-7H,3-4H2,1-2H3,(H2,9,12,13). The minimum absolute atomic E-state index is 0.105. The summed E-state index contributed by atoms with van der Waals surface area (Å²) in [5.74, 6) is 0. The van der Waals surface area contributed by atoms with Gasteiger partial charge in [-0.25, -0.2) is 18.5 Å². The molecular formula is C8H15N3O3S. The number of ether oxygens (including phenoxy) is 1. The van der Waals surface area contributed by atoms with E-state index >= 15 is 0 Å². The lowest BCUT2D eigenvalue weighted by molar-refractivity contribution is 0.181. The molecule has 0 radical (unpaired) electrons. The second kappa shape index (κ2) is 4.73. The minimum atomic E-state index is -3.70. The van der Waals surface area contributed by atoms with Gasteiger partial charge in [0.05, 0.1) is 6.33 Å². The van der Waals surface area contributed by atoms with E-state index < -0.39 is 10.0 Å². The van der Waals surface area contributed by atoms with E-state index in [0.717, 1.165) is 6.42 Å². The van der Waals surface area contributed by atoms with Gasteiger partial charge in [-0.05, 0) is 13.3 Å². The molecular weight excluding hydrogens is 218 g/mol. The Labute approximate surface area is 89.1 Å². The fourth-order valence-electron chi connectivity index (χ4n) is 1.14. The number of rotatable bonds is 5. The summed E-state index contributed by atoms with van der Waals surface area (Å²) in [6.45, 7) is 2.57. The third-order valence-electron chi connectivity index (χ3n) is 2.12. The normalized spacial score (nSPS) is 14.1. The average Bonchev–Trinajstić information content (AvgIpc) is 2.62. The van der Waals surface area contributed by atoms with Gasteiger partial charge in [0, 0.05) is 26.0 Å². The number of methoxy groups -OCH3 is 1. The summed E-state index contributed by atoms with van der Waals surface area (Å²) >= 11 is 0. The number of hydrogen-bond acceptors (Lipinski definition) is 4. The summed E-state index contributed by atoms with van der Waals surface area (Å²) in [4.78, 5) is 3.73. The van der Waals surface area contributed by atoms with Crippen LogP contribution in [0.25, 0.3) is 0 Å². The molecule has 1 atom stereocenters. The zero-order valence-electron chi connectivity index (χ0n) is 8.75. The monoisotopic (exact) mass is 233 g/mol. The predicted octanol–water partition coefficient (Wildman–Crippen LogP) is 0.128. The maximum absolute atomic E-state index is 11.0. The van der Waals surface area contributed by atoms with E-state index in [1.54, 1.807) is 11.7 Å². The number of nitrogens with two attached hydrogens (primary N) is 1. The first-order chi connectivity index (χ1) is 6.95. The van der Waals surface area contributed by atoms with Crippen LogP contribution < -0.4 is 5.14 Å². The summed E-state index contributed by atoms with van der Waals surface area (Å²) in [6, 6.07) is 0.132. The van der Waals surface area contributed by atoms with Crippen LogP contribution in [0.2, 0.25) is 0 Å². The summed E-state index contributed by atoms with van der Waals surface area (Å²) in [5, 5.41) is 4.84. The smallest absolute Gasteiger partial charge is 0.257 e. The van der Waals surface area contributed by atoms with Gasteiger partial charge in [0.25, 0.3) is 10.0 Å². The Morgan fingerprint density at radius 1 is 1.67 bits per heavy atom. The molecule has 0 fully saturated rings. The summed E-state index contributed by atoms with van der Waals surface area (Å²) in [7, 11) is -2.08. The van der Waals surface area contributed by atoms with Crippen molar-refractivity contribution in [3.63, 3.8) is 0 Å². The third kappa shape index (κ3) is 3.29. The van der Waals surface area contributed by atoms with E-state index in [1.807, 2.05) is 6.92 Å². The fourth-order valence-corrected chi connectivity index (χ4v) is 1.61. The Morgan fingerprint density at radius 3 is 2.80 bits per heavy atom. The molecule has 0 aliphatic heterocycles. The maximum Gasteiger partial charge on any atom is 0.257 e. The van der Waals surface area contributed by atoms with Crippen LogP contribution in [-0.2, 0) is 14.8 Å². The summed E-state index contributed by atoms with van der Waals surface area (Å²) < 4.78 is 28.6. The lowest BCUT2D eigenvalue weighted by atomic mass is 10.2. The first-order valence-corrected chi connectivity index (χ1v) is 6.05. The Hall–Kier alpha value is -0.920. The zero-order chi connectivity index (χ0) is 11.5. The lowest BCUT2D eigenvalue weighted by Gasteiger charge is -2.11. The van der Waals surface area contributed by atoms with E-state index in [4.69, 9.17) is 9.88 Å². The van der Waals surface area contributed by atoms with Crippen LogP contribution in [0.3, 0.4) is 0 Å². The lowest BCUT2D eigenvalue weighted by Crippen LogP contribution is -2.12. The molecule has 2 N–H and O–H groups in total. The van der Waals surface area contributed by atoms with Gasteiger partial charge in [-0.3, -0.25) is 0 Å². The highest BCUT2D eigenvalue weighted by Crippen LogP contribution is 2.12. The van der Waals surface area contributed by atoms with Crippen LogP contribution in [0.5, 0.6) is 0 Å². The molecule has 1 aromatic rings. The molecule has 6 nitrogen and oxygen atoms in total. The van der Waals surface area contributed by atoms with Gasteiger partial charge in [0.15, 0.2) is 5.03 Å². The molecule has 0 aliphatic carbocycles. The van der Waals surface area contributed by atoms with Crippen molar-refractivity contribution in [3.8, 4) is 0 Å². The van der Waals surface area contributed by atoms with Gasteiger partial charge in [-0.1, -0.05) is 0 Å². The Morgan fingerprint density at radius 2 is 2.33 bits per heavy atom. The van der Waals surface area contributed by atoms with Crippen LogP contribution in [0.4, 0.5) is 0 Å². The number of primary sulfonamides is 1. The molecule has 15 heavy (non-hydrogen) atoms. The average molecular weight is 233 g/mol. The highest BCUT2D eigenvalue weighted by atomic mass is 32.2. The van der Waals surface area contributed by atoms with Crippen molar-refractivity contribution in [2.75, 3.05) is 13.7 Å². The molecule has 0 spiro atoms. The van der Waals surface area contributed by atoms with Crippen molar-refractivity contribution in [1.82, 2.24) is 9.55 Å². The number of hydrogen-bond donors (Lipinski definition) is 1. The molecule has 0 aromatic carbocycles. The molecule has 0 saturated carbocycles. The van der Waals surface area contributed by atoms with Crippen molar-refractivity contribution in [1.29, 1.82) is 0 Å². The number of sulfonamides is 1. The second-order valence-corrected chi connectivity index (χ2v) is 4.84. The van der Waals surface area contributed by atoms with Crippen LogP contribution >= 0.6 is 0 Å². The first kappa shape index (κ1) is 12.2. The van der Waals surface area contributed by atoms with Gasteiger partial charge >= 0.3 is 0 Å². The molecule has 86 valence electrons. The Balaban J connectivity index is 2.76. The number of aromatic nitrogens is 2. The van der Waals surface area contributed by atoms with Crippen LogP contribution in [0, 0.1) is 0 Å². The van der Waals surface area contributed by atoms with Crippen LogP contribution in [0.15, 0.2) is 17.6 Å². The molecule has 7 heteroatoms. The van der Waals surface area contributed by atoms with Crippen molar-refractivity contribution in [3.05, 3.63) is 12.5 Å². The van der Waals surface area contributed by atoms with E-state index in [1.165, 1.54) is 12.5 Å². The van der Waals surface area contributed by atoms with Crippen LogP contribution in [0.1, 0.15) is 19.4 Å². The van der Waals surface area contributed by atoms with Crippen molar-refractivity contribution in [2.45, 2.75) is 24.4 Å². The van der Waals surface area contributed by atoms with E-state index in [0.29, 0.717) is 6.61 Å². The molecule has 1 heterocycles.